The maximum absolute atomic E-state index is 6.41. The van der Waals surface area contributed by atoms with Crippen LogP contribution in [0, 0.1) is 20.8 Å². The molecule has 2 rings (SSSR count). The van der Waals surface area contributed by atoms with Crippen molar-refractivity contribution in [3.8, 4) is 0 Å². The quantitative estimate of drug-likeness (QED) is 0.908. The summed E-state index contributed by atoms with van der Waals surface area (Å²) >= 11 is 6.41. The van der Waals surface area contributed by atoms with Crippen LogP contribution in [0.4, 0.5) is 0 Å². The van der Waals surface area contributed by atoms with Gasteiger partial charge in [-0.15, -0.1) is 0 Å². The zero-order valence-corrected chi connectivity index (χ0v) is 14.3. The second-order valence-corrected chi connectivity index (χ2v) is 6.02. The second kappa shape index (κ2) is 6.63. The van der Waals surface area contributed by atoms with Crippen molar-refractivity contribution in [2.24, 2.45) is 7.05 Å². The lowest BCUT2D eigenvalue weighted by atomic mass is 9.95. The molecule has 0 aliphatic rings. The number of aryl methyl sites for hydroxylation is 4. The monoisotopic (exact) mass is 305 g/mol. The van der Waals surface area contributed by atoms with Gasteiger partial charge in [-0.3, -0.25) is 4.68 Å². The fraction of sp³-hybridized carbons (Fsp3) is 0.471. The molecule has 4 heteroatoms. The van der Waals surface area contributed by atoms with Crippen LogP contribution in [0.25, 0.3) is 0 Å². The van der Waals surface area contributed by atoms with E-state index in [4.69, 9.17) is 11.6 Å². The highest BCUT2D eigenvalue weighted by molar-refractivity contribution is 6.31. The molecule has 0 saturated carbocycles. The fourth-order valence-corrected chi connectivity index (χ4v) is 3.01. The highest BCUT2D eigenvalue weighted by atomic mass is 35.5. The van der Waals surface area contributed by atoms with Crippen LogP contribution < -0.4 is 5.32 Å². The number of hydrogen-bond donors (Lipinski definition) is 1. The maximum atomic E-state index is 6.41. The Morgan fingerprint density at radius 2 is 2.00 bits per heavy atom. The molecular weight excluding hydrogens is 282 g/mol. The number of nitrogens with zero attached hydrogens (tertiary/aromatic N) is 2. The van der Waals surface area contributed by atoms with Crippen molar-refractivity contribution in [3.63, 3.8) is 0 Å². The smallest absolute Gasteiger partial charge is 0.0847 e. The van der Waals surface area contributed by atoms with E-state index in [1.807, 2.05) is 18.7 Å². The van der Waals surface area contributed by atoms with Crippen molar-refractivity contribution in [1.29, 1.82) is 0 Å². The van der Waals surface area contributed by atoms with E-state index < -0.39 is 0 Å². The zero-order valence-electron chi connectivity index (χ0n) is 13.5. The fourth-order valence-electron chi connectivity index (χ4n) is 2.77. The minimum atomic E-state index is 0.252. The lowest BCUT2D eigenvalue weighted by Crippen LogP contribution is -2.25. The number of benzene rings is 1. The first-order valence-corrected chi connectivity index (χ1v) is 7.80. The third-order valence-corrected chi connectivity index (χ3v) is 4.41. The van der Waals surface area contributed by atoms with Gasteiger partial charge in [0.15, 0.2) is 0 Å². The molecule has 1 aromatic carbocycles. The minimum Gasteiger partial charge on any atom is -0.310 e. The van der Waals surface area contributed by atoms with Gasteiger partial charge >= 0.3 is 0 Å². The van der Waals surface area contributed by atoms with Crippen molar-refractivity contribution in [1.82, 2.24) is 15.1 Å². The second-order valence-electron chi connectivity index (χ2n) is 5.64. The SMILES string of the molecule is CCNC(Cc1c(Cl)c(C)nn1C)c1cc(C)ccc1C. The van der Waals surface area contributed by atoms with Crippen LogP contribution in [0.3, 0.4) is 0 Å². The summed E-state index contributed by atoms with van der Waals surface area (Å²) in [5.74, 6) is 0. The normalized spacial score (nSPS) is 12.7. The van der Waals surface area contributed by atoms with Crippen LogP contribution in [-0.2, 0) is 13.5 Å². The molecule has 1 atom stereocenters. The summed E-state index contributed by atoms with van der Waals surface area (Å²) in [5.41, 5.74) is 5.91. The van der Waals surface area contributed by atoms with Crippen molar-refractivity contribution in [3.05, 3.63) is 51.3 Å². The van der Waals surface area contributed by atoms with E-state index >= 15 is 0 Å². The van der Waals surface area contributed by atoms with Gasteiger partial charge in [-0.1, -0.05) is 42.3 Å². The number of hydrogen-bond acceptors (Lipinski definition) is 2. The van der Waals surface area contributed by atoms with Crippen LogP contribution >= 0.6 is 11.6 Å². The molecule has 3 nitrogen and oxygen atoms in total. The van der Waals surface area contributed by atoms with E-state index in [-0.39, 0.29) is 6.04 Å². The topological polar surface area (TPSA) is 29.9 Å². The first-order valence-electron chi connectivity index (χ1n) is 7.42. The molecule has 0 saturated heterocycles. The minimum absolute atomic E-state index is 0.252. The van der Waals surface area contributed by atoms with Gasteiger partial charge in [-0.05, 0) is 38.4 Å². The van der Waals surface area contributed by atoms with Crippen LogP contribution in [0.5, 0.6) is 0 Å². The lowest BCUT2D eigenvalue weighted by Gasteiger charge is -2.21. The van der Waals surface area contributed by atoms with Gasteiger partial charge in [0, 0.05) is 19.5 Å². The van der Waals surface area contributed by atoms with Crippen molar-refractivity contribution < 1.29 is 0 Å². The van der Waals surface area contributed by atoms with Crippen molar-refractivity contribution >= 4 is 11.6 Å². The standard InChI is InChI=1S/C17H24ClN3/c1-6-19-15(14-9-11(2)7-8-12(14)3)10-16-17(18)13(4)20-21(16)5/h7-9,15,19H,6,10H2,1-5H3. The number of rotatable bonds is 5. The maximum Gasteiger partial charge on any atom is 0.0847 e. The Morgan fingerprint density at radius 1 is 1.29 bits per heavy atom. The summed E-state index contributed by atoms with van der Waals surface area (Å²) in [6.07, 6.45) is 0.842. The van der Waals surface area contributed by atoms with Crippen LogP contribution in [0.1, 0.15) is 41.0 Å². The molecule has 2 aromatic rings. The predicted octanol–water partition coefficient (Wildman–Crippen LogP) is 3.89. The summed E-state index contributed by atoms with van der Waals surface area (Å²) in [4.78, 5) is 0. The first kappa shape index (κ1) is 16.1. The summed E-state index contributed by atoms with van der Waals surface area (Å²) in [5, 5.41) is 8.78. The molecule has 0 bridgehead atoms. The largest absolute Gasteiger partial charge is 0.310 e. The van der Waals surface area contributed by atoms with Gasteiger partial charge in [-0.25, -0.2) is 0 Å². The molecule has 114 valence electrons. The number of nitrogens with one attached hydrogen (secondary N) is 1. The van der Waals surface area contributed by atoms with Crippen LogP contribution in [0.2, 0.25) is 5.02 Å². The number of halogens is 1. The molecule has 1 aromatic heterocycles. The average Bonchev–Trinajstić information content (AvgIpc) is 2.67. The van der Waals surface area contributed by atoms with E-state index in [0.717, 1.165) is 29.4 Å². The Balaban J connectivity index is 2.37. The summed E-state index contributed by atoms with van der Waals surface area (Å²) < 4.78 is 1.90. The molecule has 0 aliphatic carbocycles. The van der Waals surface area contributed by atoms with Gasteiger partial charge < -0.3 is 5.32 Å². The highest BCUT2D eigenvalue weighted by Crippen LogP contribution is 2.27. The molecular formula is C17H24ClN3. The zero-order chi connectivity index (χ0) is 15.6. The summed E-state index contributed by atoms with van der Waals surface area (Å²) in [6, 6.07) is 6.86. The molecule has 21 heavy (non-hydrogen) atoms. The van der Waals surface area contributed by atoms with Gasteiger partial charge in [0.2, 0.25) is 0 Å². The van der Waals surface area contributed by atoms with E-state index in [2.05, 4.69) is 49.4 Å². The van der Waals surface area contributed by atoms with Gasteiger partial charge in [0.05, 0.1) is 16.4 Å². The lowest BCUT2D eigenvalue weighted by molar-refractivity contribution is 0.526. The van der Waals surface area contributed by atoms with Gasteiger partial charge in [-0.2, -0.15) is 5.10 Å². The highest BCUT2D eigenvalue weighted by Gasteiger charge is 2.19. The molecule has 0 fully saturated rings. The Kier molecular flexibility index (Phi) is 5.07. The molecule has 0 aliphatic heterocycles. The first-order chi connectivity index (χ1) is 9.93. The molecule has 0 radical (unpaired) electrons. The average molecular weight is 306 g/mol. The van der Waals surface area contributed by atoms with E-state index in [0.29, 0.717) is 0 Å². The molecule has 1 heterocycles. The third-order valence-electron chi connectivity index (χ3n) is 3.92. The summed E-state index contributed by atoms with van der Waals surface area (Å²) in [7, 11) is 1.96. The Bertz CT molecular complexity index is 631. The Labute approximate surface area is 132 Å². The number of likely N-dealkylation sites (N-methyl/N-ethyl adjacent to an activating group) is 1. The molecule has 1 unspecified atom stereocenters. The molecule has 0 amide bonds. The Morgan fingerprint density at radius 3 is 2.57 bits per heavy atom. The van der Waals surface area contributed by atoms with Crippen LogP contribution in [-0.4, -0.2) is 16.3 Å². The van der Waals surface area contributed by atoms with E-state index in [1.165, 1.54) is 16.7 Å². The van der Waals surface area contributed by atoms with Gasteiger partial charge in [0.1, 0.15) is 0 Å². The summed E-state index contributed by atoms with van der Waals surface area (Å²) in [6.45, 7) is 9.30. The van der Waals surface area contributed by atoms with E-state index in [1.54, 1.807) is 0 Å². The number of aromatic nitrogens is 2. The predicted molar refractivity (Wildman–Crippen MR) is 89.0 cm³/mol. The van der Waals surface area contributed by atoms with Crippen LogP contribution in [0.15, 0.2) is 18.2 Å². The molecule has 0 spiro atoms. The third kappa shape index (κ3) is 3.47. The van der Waals surface area contributed by atoms with Gasteiger partial charge in [0.25, 0.3) is 0 Å². The molecule has 1 N–H and O–H groups in total. The van der Waals surface area contributed by atoms with E-state index in [9.17, 15) is 0 Å². The van der Waals surface area contributed by atoms with Crippen molar-refractivity contribution in [2.75, 3.05) is 6.54 Å². The Hall–Kier alpha value is -1.32. The van der Waals surface area contributed by atoms with Crippen molar-refractivity contribution in [2.45, 2.75) is 40.2 Å².